The molecule has 0 atom stereocenters. The van der Waals surface area contributed by atoms with Crippen LogP contribution >= 0.6 is 0 Å². The highest BCUT2D eigenvalue weighted by Crippen LogP contribution is 2.36. The summed E-state index contributed by atoms with van der Waals surface area (Å²) in [6.07, 6.45) is -3.53. The molecule has 0 saturated carbocycles. The molecule has 2 aromatic carbocycles. The minimum Gasteiger partial charge on any atom is -0.497 e. The van der Waals surface area contributed by atoms with Crippen LogP contribution in [0.4, 0.5) is 18.9 Å². The zero-order valence-electron chi connectivity index (χ0n) is 20.0. The number of hydrogen-bond donors (Lipinski definition) is 0. The van der Waals surface area contributed by atoms with Crippen LogP contribution in [0.2, 0.25) is 0 Å². The van der Waals surface area contributed by atoms with Crippen molar-refractivity contribution < 1.29 is 27.2 Å². The monoisotopic (exact) mass is 499 g/mol. The van der Waals surface area contributed by atoms with E-state index in [4.69, 9.17) is 14.0 Å². The Balaban J connectivity index is 1.47. The number of morpholine rings is 1. The van der Waals surface area contributed by atoms with Crippen LogP contribution in [0.1, 0.15) is 11.3 Å². The predicted octanol–water partition coefficient (Wildman–Crippen LogP) is 4.98. The molecular weight excluding hydrogens is 475 g/mol. The molecule has 0 unspecified atom stereocenters. The van der Waals surface area contributed by atoms with E-state index in [1.165, 1.54) is 11.6 Å². The van der Waals surface area contributed by atoms with Crippen LogP contribution in [-0.4, -0.2) is 53.1 Å². The molecule has 5 rings (SSSR count). The van der Waals surface area contributed by atoms with Crippen molar-refractivity contribution in [3.63, 3.8) is 0 Å². The van der Waals surface area contributed by atoms with Gasteiger partial charge in [-0.15, -0.1) is 0 Å². The van der Waals surface area contributed by atoms with Crippen molar-refractivity contribution in [2.75, 3.05) is 38.3 Å². The number of aromatic nitrogens is 4. The van der Waals surface area contributed by atoms with E-state index in [0.29, 0.717) is 36.1 Å². The average molecular weight is 499 g/mol. The van der Waals surface area contributed by atoms with Crippen molar-refractivity contribution in [3.8, 4) is 40.0 Å². The van der Waals surface area contributed by atoms with E-state index in [1.54, 1.807) is 25.3 Å². The number of aryl methyl sites for hydroxylation is 2. The Morgan fingerprint density at radius 3 is 2.42 bits per heavy atom. The van der Waals surface area contributed by atoms with E-state index in [-0.39, 0.29) is 5.82 Å². The van der Waals surface area contributed by atoms with Gasteiger partial charge in [-0.3, -0.25) is 0 Å². The molecule has 0 radical (unpaired) electrons. The Morgan fingerprint density at radius 1 is 1.00 bits per heavy atom. The maximum Gasteiger partial charge on any atom is 0.434 e. The smallest absolute Gasteiger partial charge is 0.434 e. The van der Waals surface area contributed by atoms with Crippen LogP contribution in [0.15, 0.2) is 47.1 Å². The number of imidazole rings is 1. The molecule has 2 aromatic heterocycles. The summed E-state index contributed by atoms with van der Waals surface area (Å²) in [4.78, 5) is 10.6. The summed E-state index contributed by atoms with van der Waals surface area (Å²) in [7, 11) is 3.15. The molecule has 1 saturated heterocycles. The summed E-state index contributed by atoms with van der Waals surface area (Å²) in [6.45, 7) is 4.54. The second-order valence-electron chi connectivity index (χ2n) is 8.49. The van der Waals surface area contributed by atoms with Crippen LogP contribution in [0.3, 0.4) is 0 Å². The fourth-order valence-electron chi connectivity index (χ4n) is 4.25. The number of hydrogen-bond acceptors (Lipinski definition) is 7. The van der Waals surface area contributed by atoms with Gasteiger partial charge in [-0.05, 0) is 30.7 Å². The van der Waals surface area contributed by atoms with E-state index >= 15 is 0 Å². The van der Waals surface area contributed by atoms with Crippen LogP contribution in [-0.2, 0) is 18.0 Å². The highest BCUT2D eigenvalue weighted by atomic mass is 19.4. The van der Waals surface area contributed by atoms with Crippen molar-refractivity contribution in [2.45, 2.75) is 13.1 Å². The van der Waals surface area contributed by atoms with Gasteiger partial charge in [0.1, 0.15) is 11.6 Å². The summed E-state index contributed by atoms with van der Waals surface area (Å²) in [5.74, 6) is 1.68. The SMILES string of the molecule is COc1ccc(-c2nc(-c3ccc(-c4nc(C(F)(F)F)cn4C)cc3C)no2)c(N2CCOCC2)c1. The fraction of sp³-hybridized carbons (Fsp3) is 0.320. The lowest BCUT2D eigenvalue weighted by Gasteiger charge is -2.30. The van der Waals surface area contributed by atoms with Crippen LogP contribution in [0.25, 0.3) is 34.2 Å². The number of rotatable bonds is 5. The van der Waals surface area contributed by atoms with Crippen molar-refractivity contribution in [1.29, 1.82) is 0 Å². The third-order valence-corrected chi connectivity index (χ3v) is 6.11. The van der Waals surface area contributed by atoms with E-state index in [9.17, 15) is 13.2 Å². The zero-order chi connectivity index (χ0) is 25.4. The molecular formula is C25H24F3N5O3. The summed E-state index contributed by atoms with van der Waals surface area (Å²) >= 11 is 0. The first-order valence-corrected chi connectivity index (χ1v) is 11.3. The Labute approximate surface area is 205 Å². The van der Waals surface area contributed by atoms with Gasteiger partial charge in [0.2, 0.25) is 5.82 Å². The quantitative estimate of drug-likeness (QED) is 0.383. The number of nitrogens with zero attached hydrogens (tertiary/aromatic N) is 5. The largest absolute Gasteiger partial charge is 0.497 e. The molecule has 1 aliphatic heterocycles. The highest BCUT2D eigenvalue weighted by Gasteiger charge is 2.34. The van der Waals surface area contributed by atoms with Crippen LogP contribution < -0.4 is 9.64 Å². The maximum absolute atomic E-state index is 13.1. The van der Waals surface area contributed by atoms with E-state index in [0.717, 1.165) is 41.9 Å². The maximum atomic E-state index is 13.1. The first-order valence-electron chi connectivity index (χ1n) is 11.3. The van der Waals surface area contributed by atoms with Crippen molar-refractivity contribution >= 4 is 5.69 Å². The number of methoxy groups -OCH3 is 1. The lowest BCUT2D eigenvalue weighted by molar-refractivity contribution is -0.140. The van der Waals surface area contributed by atoms with Crippen molar-refractivity contribution in [3.05, 3.63) is 53.9 Å². The van der Waals surface area contributed by atoms with E-state index in [2.05, 4.69) is 20.0 Å². The topological polar surface area (TPSA) is 78.4 Å². The molecule has 1 fully saturated rings. The van der Waals surface area contributed by atoms with Gasteiger partial charge in [0.15, 0.2) is 5.69 Å². The molecule has 0 amide bonds. The van der Waals surface area contributed by atoms with Gasteiger partial charge < -0.3 is 23.5 Å². The standard InChI is InChI=1S/C25H24F3N5O3/c1-15-12-16(23-29-21(14-32(23)2)25(26,27)28)4-6-18(15)22-30-24(36-31-22)19-7-5-17(34-3)13-20(19)33-8-10-35-11-9-33/h4-7,12-14H,8-11H2,1-3H3. The lowest BCUT2D eigenvalue weighted by Crippen LogP contribution is -2.36. The van der Waals surface area contributed by atoms with Crippen LogP contribution in [0.5, 0.6) is 5.75 Å². The summed E-state index contributed by atoms with van der Waals surface area (Å²) in [5, 5.41) is 4.18. The summed E-state index contributed by atoms with van der Waals surface area (Å²) in [6, 6.07) is 10.9. The Hall–Kier alpha value is -3.86. The minimum atomic E-state index is -4.51. The molecule has 0 spiro atoms. The molecule has 0 N–H and O–H groups in total. The Bertz CT molecular complexity index is 1390. The lowest BCUT2D eigenvalue weighted by atomic mass is 10.0. The van der Waals surface area contributed by atoms with Gasteiger partial charge >= 0.3 is 6.18 Å². The number of anilines is 1. The number of halogens is 3. The zero-order valence-corrected chi connectivity index (χ0v) is 20.0. The Morgan fingerprint density at radius 2 is 1.75 bits per heavy atom. The number of alkyl halides is 3. The fourth-order valence-corrected chi connectivity index (χ4v) is 4.25. The molecule has 0 aliphatic carbocycles. The number of ether oxygens (including phenoxy) is 2. The van der Waals surface area contributed by atoms with E-state index < -0.39 is 11.9 Å². The summed E-state index contributed by atoms with van der Waals surface area (Å²) in [5.41, 5.74) is 2.80. The van der Waals surface area contributed by atoms with Crippen molar-refractivity contribution in [2.24, 2.45) is 7.05 Å². The molecule has 36 heavy (non-hydrogen) atoms. The molecule has 0 bridgehead atoms. The third kappa shape index (κ3) is 4.53. The van der Waals surface area contributed by atoms with Gasteiger partial charge in [-0.2, -0.15) is 18.2 Å². The molecule has 8 nitrogen and oxygen atoms in total. The molecule has 3 heterocycles. The van der Waals surface area contributed by atoms with E-state index in [1.807, 2.05) is 25.1 Å². The average Bonchev–Trinajstić information content (AvgIpc) is 3.51. The Kier molecular flexibility index (Phi) is 6.17. The third-order valence-electron chi connectivity index (χ3n) is 6.11. The van der Waals surface area contributed by atoms with Gasteiger partial charge in [-0.25, -0.2) is 4.98 Å². The molecule has 4 aromatic rings. The second-order valence-corrected chi connectivity index (χ2v) is 8.49. The molecule has 11 heteroatoms. The van der Waals surface area contributed by atoms with Gasteiger partial charge in [0.25, 0.3) is 5.89 Å². The summed E-state index contributed by atoms with van der Waals surface area (Å²) < 4.78 is 57.1. The van der Waals surface area contributed by atoms with Crippen LogP contribution in [0, 0.1) is 6.92 Å². The normalized spacial score (nSPS) is 14.3. The first-order chi connectivity index (χ1) is 17.2. The van der Waals surface area contributed by atoms with Gasteiger partial charge in [0.05, 0.1) is 31.6 Å². The molecule has 1 aliphatic rings. The van der Waals surface area contributed by atoms with Gasteiger partial charge in [0, 0.05) is 43.5 Å². The minimum absolute atomic E-state index is 0.221. The van der Waals surface area contributed by atoms with Gasteiger partial charge in [-0.1, -0.05) is 17.3 Å². The molecule has 188 valence electrons. The predicted molar refractivity (Wildman–Crippen MR) is 127 cm³/mol. The highest BCUT2D eigenvalue weighted by molar-refractivity contribution is 5.76. The van der Waals surface area contributed by atoms with Crippen molar-refractivity contribution in [1.82, 2.24) is 19.7 Å². The first kappa shape index (κ1) is 23.9. The number of benzene rings is 2. The second kappa shape index (κ2) is 9.30.